The van der Waals surface area contributed by atoms with Gasteiger partial charge in [0.25, 0.3) is 0 Å². The van der Waals surface area contributed by atoms with Crippen LogP contribution in [0.2, 0.25) is 0 Å². The fraction of sp³-hybridized carbons (Fsp3) is 0.600. The minimum Gasteiger partial charge on any atom is -0.310 e. The van der Waals surface area contributed by atoms with E-state index in [0.29, 0.717) is 12.6 Å². The van der Waals surface area contributed by atoms with E-state index >= 15 is 0 Å². The highest BCUT2D eigenvalue weighted by Crippen LogP contribution is 2.29. The van der Waals surface area contributed by atoms with Crippen LogP contribution in [0.4, 0.5) is 4.39 Å². The van der Waals surface area contributed by atoms with E-state index in [-0.39, 0.29) is 5.82 Å². The maximum absolute atomic E-state index is 13.4. The number of halogens is 1. The normalized spacial score (nSPS) is 29.2. The molecule has 1 nitrogen and oxygen atoms in total. The highest BCUT2D eigenvalue weighted by Gasteiger charge is 2.24. The summed E-state index contributed by atoms with van der Waals surface area (Å²) < 4.78 is 13.4. The van der Waals surface area contributed by atoms with Crippen LogP contribution in [-0.4, -0.2) is 6.04 Å². The summed E-state index contributed by atoms with van der Waals surface area (Å²) in [6.45, 7) is 5.30. The predicted molar refractivity (Wildman–Crippen MR) is 69.2 cm³/mol. The smallest absolute Gasteiger partial charge is 0.127 e. The van der Waals surface area contributed by atoms with Gasteiger partial charge in [0.1, 0.15) is 5.82 Å². The lowest BCUT2D eigenvalue weighted by molar-refractivity contribution is 0.225. The third kappa shape index (κ3) is 3.29. The third-order valence-corrected chi connectivity index (χ3v) is 4.14. The van der Waals surface area contributed by atoms with Gasteiger partial charge in [0.15, 0.2) is 0 Å². The molecular weight excluding hydrogens is 213 g/mol. The Morgan fingerprint density at radius 2 is 1.94 bits per heavy atom. The Kier molecular flexibility index (Phi) is 4.16. The maximum atomic E-state index is 13.4. The minimum absolute atomic E-state index is 0.0998. The van der Waals surface area contributed by atoms with Crippen LogP contribution < -0.4 is 5.32 Å². The quantitative estimate of drug-likeness (QED) is 0.841. The number of hydrogen-bond acceptors (Lipinski definition) is 1. The summed E-state index contributed by atoms with van der Waals surface area (Å²) in [5.74, 6) is 1.51. The van der Waals surface area contributed by atoms with E-state index in [4.69, 9.17) is 0 Å². The van der Waals surface area contributed by atoms with Gasteiger partial charge in [-0.15, -0.1) is 0 Å². The second-order valence-electron chi connectivity index (χ2n) is 5.44. The molecule has 0 heterocycles. The molecule has 0 spiro atoms. The van der Waals surface area contributed by atoms with Crippen molar-refractivity contribution in [3.63, 3.8) is 0 Å². The summed E-state index contributed by atoms with van der Waals surface area (Å²) in [6, 6.07) is 7.58. The van der Waals surface area contributed by atoms with Crippen molar-refractivity contribution in [3.05, 3.63) is 35.6 Å². The molecule has 1 saturated carbocycles. The topological polar surface area (TPSA) is 12.0 Å². The second-order valence-corrected chi connectivity index (χ2v) is 5.44. The van der Waals surface area contributed by atoms with Crippen LogP contribution >= 0.6 is 0 Å². The Labute approximate surface area is 103 Å². The Morgan fingerprint density at radius 3 is 2.65 bits per heavy atom. The molecule has 1 aliphatic carbocycles. The van der Waals surface area contributed by atoms with Gasteiger partial charge in [0.2, 0.25) is 0 Å². The molecule has 3 unspecified atom stereocenters. The van der Waals surface area contributed by atoms with Crippen molar-refractivity contribution in [2.45, 2.75) is 45.7 Å². The van der Waals surface area contributed by atoms with E-state index in [9.17, 15) is 4.39 Å². The standard InChI is InChI=1S/C15H22FN/c1-11-7-8-14(9-12(11)2)17-10-13-5-3-4-6-15(13)16/h3-6,11-12,14,17H,7-10H2,1-2H3. The highest BCUT2D eigenvalue weighted by molar-refractivity contribution is 5.17. The molecule has 3 atom stereocenters. The number of hydrogen-bond donors (Lipinski definition) is 1. The van der Waals surface area contributed by atoms with Gasteiger partial charge in [-0.2, -0.15) is 0 Å². The zero-order chi connectivity index (χ0) is 12.3. The molecule has 0 bridgehead atoms. The highest BCUT2D eigenvalue weighted by atomic mass is 19.1. The molecule has 2 rings (SSSR count). The fourth-order valence-electron chi connectivity index (χ4n) is 2.63. The molecule has 0 aromatic heterocycles. The Hall–Kier alpha value is -0.890. The third-order valence-electron chi connectivity index (χ3n) is 4.14. The van der Waals surface area contributed by atoms with E-state index in [1.54, 1.807) is 6.07 Å². The molecule has 0 radical (unpaired) electrons. The Morgan fingerprint density at radius 1 is 1.18 bits per heavy atom. The molecule has 2 heteroatoms. The lowest BCUT2D eigenvalue weighted by Crippen LogP contribution is -2.35. The zero-order valence-corrected chi connectivity index (χ0v) is 10.7. The molecule has 0 amide bonds. The van der Waals surface area contributed by atoms with Gasteiger partial charge in [-0.25, -0.2) is 4.39 Å². The Balaban J connectivity index is 1.85. The first-order valence-electron chi connectivity index (χ1n) is 6.63. The maximum Gasteiger partial charge on any atom is 0.127 e. The molecule has 94 valence electrons. The molecule has 0 saturated heterocycles. The molecule has 1 aromatic rings. The SMILES string of the molecule is CC1CCC(NCc2ccccc2F)CC1C. The molecule has 0 aliphatic heterocycles. The largest absolute Gasteiger partial charge is 0.310 e. The molecule has 1 aromatic carbocycles. The molecule has 1 N–H and O–H groups in total. The number of nitrogens with one attached hydrogen (secondary N) is 1. The molecular formula is C15H22FN. The predicted octanol–water partition coefficient (Wildman–Crippen LogP) is 3.74. The summed E-state index contributed by atoms with van der Waals surface area (Å²) in [5, 5.41) is 3.49. The Bertz CT molecular complexity index is 364. The lowest BCUT2D eigenvalue weighted by atomic mass is 9.79. The van der Waals surface area contributed by atoms with Crippen molar-refractivity contribution < 1.29 is 4.39 Å². The van der Waals surface area contributed by atoms with Gasteiger partial charge >= 0.3 is 0 Å². The first-order chi connectivity index (χ1) is 8.16. The average Bonchev–Trinajstić information content (AvgIpc) is 2.32. The number of rotatable bonds is 3. The minimum atomic E-state index is -0.0998. The van der Waals surface area contributed by atoms with Crippen molar-refractivity contribution in [1.29, 1.82) is 0 Å². The first-order valence-corrected chi connectivity index (χ1v) is 6.63. The molecule has 1 fully saturated rings. The van der Waals surface area contributed by atoms with Crippen LogP contribution in [0.3, 0.4) is 0 Å². The van der Waals surface area contributed by atoms with Crippen molar-refractivity contribution >= 4 is 0 Å². The number of benzene rings is 1. The van der Waals surface area contributed by atoms with Crippen LogP contribution in [0.15, 0.2) is 24.3 Å². The monoisotopic (exact) mass is 235 g/mol. The van der Waals surface area contributed by atoms with Crippen molar-refractivity contribution in [1.82, 2.24) is 5.32 Å². The van der Waals surface area contributed by atoms with Crippen LogP contribution in [-0.2, 0) is 6.54 Å². The summed E-state index contributed by atoms with van der Waals surface area (Å²) >= 11 is 0. The van der Waals surface area contributed by atoms with Crippen LogP contribution in [0, 0.1) is 17.7 Å². The zero-order valence-electron chi connectivity index (χ0n) is 10.7. The van der Waals surface area contributed by atoms with Crippen molar-refractivity contribution in [2.75, 3.05) is 0 Å². The molecule has 17 heavy (non-hydrogen) atoms. The average molecular weight is 235 g/mol. The summed E-state index contributed by atoms with van der Waals surface area (Å²) in [6.07, 6.45) is 3.73. The van der Waals surface area contributed by atoms with Crippen molar-refractivity contribution in [2.24, 2.45) is 11.8 Å². The van der Waals surface area contributed by atoms with Gasteiger partial charge in [-0.05, 0) is 37.2 Å². The second kappa shape index (κ2) is 5.63. The summed E-state index contributed by atoms with van der Waals surface area (Å²) in [5.41, 5.74) is 0.777. The summed E-state index contributed by atoms with van der Waals surface area (Å²) in [4.78, 5) is 0. The molecule has 1 aliphatic rings. The van der Waals surface area contributed by atoms with E-state index in [2.05, 4.69) is 19.2 Å². The van der Waals surface area contributed by atoms with E-state index in [0.717, 1.165) is 17.4 Å². The van der Waals surface area contributed by atoms with Gasteiger partial charge in [-0.3, -0.25) is 0 Å². The van der Waals surface area contributed by atoms with Gasteiger partial charge in [0, 0.05) is 18.2 Å². The van der Waals surface area contributed by atoms with Crippen LogP contribution in [0.5, 0.6) is 0 Å². The first kappa shape index (κ1) is 12.6. The van der Waals surface area contributed by atoms with Crippen LogP contribution in [0.1, 0.15) is 38.7 Å². The summed E-state index contributed by atoms with van der Waals surface area (Å²) in [7, 11) is 0. The van der Waals surface area contributed by atoms with Gasteiger partial charge in [0.05, 0.1) is 0 Å². The van der Waals surface area contributed by atoms with Gasteiger partial charge < -0.3 is 5.32 Å². The van der Waals surface area contributed by atoms with Crippen LogP contribution in [0.25, 0.3) is 0 Å². The van der Waals surface area contributed by atoms with Gasteiger partial charge in [-0.1, -0.05) is 32.0 Å². The van der Waals surface area contributed by atoms with E-state index in [1.165, 1.54) is 25.3 Å². The van der Waals surface area contributed by atoms with Crippen molar-refractivity contribution in [3.8, 4) is 0 Å². The van der Waals surface area contributed by atoms with E-state index < -0.39 is 0 Å². The fourth-order valence-corrected chi connectivity index (χ4v) is 2.63. The van der Waals surface area contributed by atoms with E-state index in [1.807, 2.05) is 12.1 Å². The lowest BCUT2D eigenvalue weighted by Gasteiger charge is -2.32.